The van der Waals surface area contributed by atoms with E-state index in [2.05, 4.69) is 15.3 Å². The second-order valence-corrected chi connectivity index (χ2v) is 5.32. The summed E-state index contributed by atoms with van der Waals surface area (Å²) in [5, 5.41) is 2.81. The number of rotatable bonds is 4. The average molecular weight is 318 g/mol. The fourth-order valence-corrected chi connectivity index (χ4v) is 2.52. The van der Waals surface area contributed by atoms with Crippen molar-refractivity contribution in [3.8, 4) is 0 Å². The number of hydrogen-bond acceptors (Lipinski definition) is 3. The summed E-state index contributed by atoms with van der Waals surface area (Å²) in [6, 6.07) is 20.4. The summed E-state index contributed by atoms with van der Waals surface area (Å²) in [6.07, 6.45) is 3.37. The van der Waals surface area contributed by atoms with Gasteiger partial charge in [-0.1, -0.05) is 42.5 Å². The normalized spacial score (nSPS) is 11.5. The van der Waals surface area contributed by atoms with Crippen molar-refractivity contribution < 1.29 is 4.79 Å². The monoisotopic (exact) mass is 318 g/mol. The molecule has 3 aromatic rings. The van der Waals surface area contributed by atoms with Crippen molar-refractivity contribution in [1.82, 2.24) is 14.9 Å². The average Bonchev–Trinajstić information content (AvgIpc) is 2.64. The number of carbonyl (C=O) groups is 1. The van der Waals surface area contributed by atoms with Crippen LogP contribution in [0.5, 0.6) is 0 Å². The van der Waals surface area contributed by atoms with Gasteiger partial charge in [0.15, 0.2) is 0 Å². The number of hydrogen-bond donors (Lipinski definition) is 1. The van der Waals surface area contributed by atoms with Crippen molar-refractivity contribution in [2.45, 2.75) is 6.04 Å². The van der Waals surface area contributed by atoms with E-state index in [1.807, 2.05) is 54.6 Å². The lowest BCUT2D eigenvalue weighted by Gasteiger charge is -2.28. The van der Waals surface area contributed by atoms with E-state index < -0.39 is 0 Å². The van der Waals surface area contributed by atoms with Crippen LogP contribution in [-0.2, 0) is 0 Å². The van der Waals surface area contributed by atoms with Crippen molar-refractivity contribution in [2.24, 2.45) is 0 Å². The molecule has 0 aliphatic carbocycles. The molecule has 0 saturated carbocycles. The molecule has 0 fully saturated rings. The summed E-state index contributed by atoms with van der Waals surface area (Å²) in [5.41, 5.74) is 1.80. The SMILES string of the molecule is CN(C(=O)Nc1ccccn1)[C@H](c1ccccc1)c1ccccn1. The van der Waals surface area contributed by atoms with Crippen molar-refractivity contribution in [1.29, 1.82) is 0 Å². The molecule has 120 valence electrons. The van der Waals surface area contributed by atoms with E-state index in [0.717, 1.165) is 11.3 Å². The molecule has 0 aliphatic rings. The number of anilines is 1. The van der Waals surface area contributed by atoms with E-state index >= 15 is 0 Å². The van der Waals surface area contributed by atoms with E-state index in [1.54, 1.807) is 36.5 Å². The molecule has 0 spiro atoms. The minimum atomic E-state index is -0.281. The molecule has 2 heterocycles. The molecular formula is C19H18N4O. The van der Waals surface area contributed by atoms with Crippen LogP contribution in [0.1, 0.15) is 17.3 Å². The summed E-state index contributed by atoms with van der Waals surface area (Å²) in [7, 11) is 1.75. The third-order valence-corrected chi connectivity index (χ3v) is 3.69. The maximum absolute atomic E-state index is 12.6. The molecule has 24 heavy (non-hydrogen) atoms. The maximum Gasteiger partial charge on any atom is 0.323 e. The number of nitrogens with zero attached hydrogens (tertiary/aromatic N) is 3. The van der Waals surface area contributed by atoms with Crippen LogP contribution in [0.4, 0.5) is 10.6 Å². The van der Waals surface area contributed by atoms with Gasteiger partial charge in [-0.25, -0.2) is 9.78 Å². The Balaban J connectivity index is 1.89. The lowest BCUT2D eigenvalue weighted by molar-refractivity contribution is 0.211. The number of carbonyl (C=O) groups excluding carboxylic acids is 1. The molecule has 2 aromatic heterocycles. The first kappa shape index (κ1) is 15.7. The quantitative estimate of drug-likeness (QED) is 0.797. The molecule has 1 N–H and O–H groups in total. The van der Waals surface area contributed by atoms with Gasteiger partial charge >= 0.3 is 6.03 Å². The van der Waals surface area contributed by atoms with Gasteiger partial charge in [0.25, 0.3) is 0 Å². The number of pyridine rings is 2. The van der Waals surface area contributed by atoms with Gasteiger partial charge < -0.3 is 4.90 Å². The second-order valence-electron chi connectivity index (χ2n) is 5.32. The van der Waals surface area contributed by atoms with Crippen LogP contribution in [0.2, 0.25) is 0 Å². The second kappa shape index (κ2) is 7.37. The summed E-state index contributed by atoms with van der Waals surface area (Å²) < 4.78 is 0. The molecular weight excluding hydrogens is 300 g/mol. The molecule has 5 heteroatoms. The van der Waals surface area contributed by atoms with Crippen molar-refractivity contribution >= 4 is 11.8 Å². The van der Waals surface area contributed by atoms with E-state index in [4.69, 9.17) is 0 Å². The Hall–Kier alpha value is -3.21. The van der Waals surface area contributed by atoms with Crippen LogP contribution in [0.25, 0.3) is 0 Å². The van der Waals surface area contributed by atoms with Crippen LogP contribution >= 0.6 is 0 Å². The summed E-state index contributed by atoms with van der Waals surface area (Å²) in [6.45, 7) is 0. The molecule has 0 aliphatic heterocycles. The van der Waals surface area contributed by atoms with Gasteiger partial charge in [-0.3, -0.25) is 10.3 Å². The third-order valence-electron chi connectivity index (χ3n) is 3.69. The third kappa shape index (κ3) is 3.57. The Morgan fingerprint density at radius 2 is 1.58 bits per heavy atom. The van der Waals surface area contributed by atoms with Crippen molar-refractivity contribution in [2.75, 3.05) is 12.4 Å². The first-order chi connectivity index (χ1) is 11.8. The smallest absolute Gasteiger partial charge is 0.315 e. The Morgan fingerprint density at radius 1 is 0.917 bits per heavy atom. The van der Waals surface area contributed by atoms with Gasteiger partial charge in [-0.05, 0) is 29.8 Å². The summed E-state index contributed by atoms with van der Waals surface area (Å²) in [4.78, 5) is 22.8. The van der Waals surface area contributed by atoms with Crippen LogP contribution in [0, 0.1) is 0 Å². The Kier molecular flexibility index (Phi) is 4.81. The number of urea groups is 1. The minimum Gasteiger partial charge on any atom is -0.315 e. The number of benzene rings is 1. The molecule has 5 nitrogen and oxygen atoms in total. The maximum atomic E-state index is 12.6. The zero-order valence-electron chi connectivity index (χ0n) is 13.3. The Morgan fingerprint density at radius 3 is 2.21 bits per heavy atom. The predicted molar refractivity (Wildman–Crippen MR) is 93.5 cm³/mol. The Labute approximate surface area is 141 Å². The molecule has 0 radical (unpaired) electrons. The predicted octanol–water partition coefficient (Wildman–Crippen LogP) is 3.73. The topological polar surface area (TPSA) is 58.1 Å². The Bertz CT molecular complexity index is 739. The fourth-order valence-electron chi connectivity index (χ4n) is 2.52. The van der Waals surface area contributed by atoms with Crippen LogP contribution in [0.3, 0.4) is 0 Å². The highest BCUT2D eigenvalue weighted by Crippen LogP contribution is 2.26. The lowest BCUT2D eigenvalue weighted by atomic mass is 10.0. The highest BCUT2D eigenvalue weighted by molar-refractivity contribution is 5.88. The summed E-state index contributed by atoms with van der Waals surface area (Å²) >= 11 is 0. The first-order valence-electron chi connectivity index (χ1n) is 7.66. The van der Waals surface area contributed by atoms with Gasteiger partial charge in [0, 0.05) is 19.4 Å². The highest BCUT2D eigenvalue weighted by Gasteiger charge is 2.24. The zero-order chi connectivity index (χ0) is 16.8. The molecule has 0 unspecified atom stereocenters. The van der Waals surface area contributed by atoms with Gasteiger partial charge in [0.2, 0.25) is 0 Å². The summed E-state index contributed by atoms with van der Waals surface area (Å²) in [5.74, 6) is 0.516. The molecule has 2 amide bonds. The molecule has 0 bridgehead atoms. The van der Waals surface area contributed by atoms with Crippen LogP contribution < -0.4 is 5.32 Å². The number of amides is 2. The van der Waals surface area contributed by atoms with Gasteiger partial charge in [0.05, 0.1) is 5.69 Å². The van der Waals surface area contributed by atoms with Crippen LogP contribution in [0.15, 0.2) is 79.1 Å². The van der Waals surface area contributed by atoms with E-state index in [-0.39, 0.29) is 12.1 Å². The van der Waals surface area contributed by atoms with E-state index in [0.29, 0.717) is 5.82 Å². The van der Waals surface area contributed by atoms with Gasteiger partial charge in [-0.2, -0.15) is 0 Å². The standard InChI is InChI=1S/C19H18N4O/c1-23(19(24)22-17-12-6-8-14-21-17)18(15-9-3-2-4-10-15)16-11-5-7-13-20-16/h2-14,18H,1H3,(H,21,22,24)/t18-/m1/s1. The lowest BCUT2D eigenvalue weighted by Crippen LogP contribution is -2.36. The van der Waals surface area contributed by atoms with Crippen molar-refractivity contribution in [3.05, 3.63) is 90.4 Å². The molecule has 0 saturated heterocycles. The first-order valence-corrected chi connectivity index (χ1v) is 7.66. The van der Waals surface area contributed by atoms with Gasteiger partial charge in [-0.15, -0.1) is 0 Å². The number of nitrogens with one attached hydrogen (secondary N) is 1. The largest absolute Gasteiger partial charge is 0.323 e. The molecule has 3 rings (SSSR count). The molecule has 1 atom stereocenters. The number of aromatic nitrogens is 2. The van der Waals surface area contributed by atoms with E-state index in [9.17, 15) is 4.79 Å². The van der Waals surface area contributed by atoms with Crippen LogP contribution in [-0.4, -0.2) is 27.9 Å². The minimum absolute atomic E-state index is 0.242. The molecule has 1 aromatic carbocycles. The zero-order valence-corrected chi connectivity index (χ0v) is 13.3. The van der Waals surface area contributed by atoms with E-state index in [1.165, 1.54) is 0 Å². The van der Waals surface area contributed by atoms with Crippen molar-refractivity contribution in [3.63, 3.8) is 0 Å². The fraction of sp³-hybridized carbons (Fsp3) is 0.105. The highest BCUT2D eigenvalue weighted by atomic mass is 16.2. The van der Waals surface area contributed by atoms with Gasteiger partial charge in [0.1, 0.15) is 11.9 Å².